The number of unbranched alkanes of at least 4 members (excludes halogenated alkanes) is 1. The monoisotopic (exact) mass is 435 g/mol. The maximum atomic E-state index is 12.2. The highest BCUT2D eigenvalue weighted by atomic mass is 79.9. The van der Waals surface area contributed by atoms with Crippen LogP contribution >= 0.6 is 40.7 Å². The standard InChI is InChI=1S/C16H18BrN3O2.2ClH/c17-12-5-3-6-13(11-12)22-16-14(7-4-10-20-16)15(21)19-9-2-1-8-18;;/h3-7,10-11H,1-2,8-9,18H2,(H,19,21);2*1H. The van der Waals surface area contributed by atoms with Crippen LogP contribution in [-0.4, -0.2) is 24.0 Å². The first-order valence-electron chi connectivity index (χ1n) is 7.07. The van der Waals surface area contributed by atoms with Gasteiger partial charge in [-0.3, -0.25) is 4.79 Å². The Morgan fingerprint density at radius 1 is 1.21 bits per heavy atom. The van der Waals surface area contributed by atoms with E-state index in [1.807, 2.05) is 24.3 Å². The maximum Gasteiger partial charge on any atom is 0.256 e. The van der Waals surface area contributed by atoms with E-state index < -0.39 is 0 Å². The predicted octanol–water partition coefficient (Wildman–Crippen LogP) is 3.95. The zero-order valence-corrected chi connectivity index (χ0v) is 16.1. The topological polar surface area (TPSA) is 77.2 Å². The molecule has 0 fully saturated rings. The number of nitrogens with one attached hydrogen (secondary N) is 1. The molecule has 0 unspecified atom stereocenters. The summed E-state index contributed by atoms with van der Waals surface area (Å²) in [5.74, 6) is 0.706. The van der Waals surface area contributed by atoms with Crippen molar-refractivity contribution in [1.82, 2.24) is 10.3 Å². The van der Waals surface area contributed by atoms with Crippen LogP contribution in [0.2, 0.25) is 0 Å². The number of benzene rings is 1. The summed E-state index contributed by atoms with van der Waals surface area (Å²) in [5.41, 5.74) is 5.84. The number of hydrogen-bond donors (Lipinski definition) is 2. The largest absolute Gasteiger partial charge is 0.438 e. The predicted molar refractivity (Wildman–Crippen MR) is 104 cm³/mol. The van der Waals surface area contributed by atoms with Gasteiger partial charge in [-0.1, -0.05) is 22.0 Å². The number of ether oxygens (including phenoxy) is 1. The van der Waals surface area contributed by atoms with Gasteiger partial charge in [0.25, 0.3) is 5.91 Å². The number of nitrogens with two attached hydrogens (primary N) is 1. The molecule has 1 heterocycles. The summed E-state index contributed by atoms with van der Waals surface area (Å²) in [7, 11) is 0. The van der Waals surface area contributed by atoms with E-state index in [1.54, 1.807) is 18.3 Å². The molecule has 0 bridgehead atoms. The maximum absolute atomic E-state index is 12.2. The normalized spacial score (nSPS) is 9.42. The van der Waals surface area contributed by atoms with Gasteiger partial charge in [0.15, 0.2) is 0 Å². The molecule has 24 heavy (non-hydrogen) atoms. The fraction of sp³-hybridized carbons (Fsp3) is 0.250. The summed E-state index contributed by atoms with van der Waals surface area (Å²) in [6, 6.07) is 10.8. The third kappa shape index (κ3) is 7.05. The minimum Gasteiger partial charge on any atom is -0.438 e. The lowest BCUT2D eigenvalue weighted by Crippen LogP contribution is -2.25. The molecule has 8 heteroatoms. The average molecular weight is 437 g/mol. The van der Waals surface area contributed by atoms with Gasteiger partial charge in [0.2, 0.25) is 5.88 Å². The zero-order valence-electron chi connectivity index (χ0n) is 12.9. The molecule has 5 nitrogen and oxygen atoms in total. The van der Waals surface area contributed by atoms with Crippen molar-refractivity contribution >= 4 is 46.7 Å². The van der Waals surface area contributed by atoms with E-state index in [-0.39, 0.29) is 36.6 Å². The molecular weight excluding hydrogens is 417 g/mol. The van der Waals surface area contributed by atoms with Crippen LogP contribution in [0.3, 0.4) is 0 Å². The zero-order chi connectivity index (χ0) is 15.8. The lowest BCUT2D eigenvalue weighted by Gasteiger charge is -2.10. The van der Waals surface area contributed by atoms with Crippen molar-refractivity contribution in [2.75, 3.05) is 13.1 Å². The molecule has 0 saturated heterocycles. The smallest absolute Gasteiger partial charge is 0.256 e. The molecule has 2 rings (SSSR count). The van der Waals surface area contributed by atoms with Gasteiger partial charge in [0, 0.05) is 17.2 Å². The Labute approximate surface area is 162 Å². The minimum absolute atomic E-state index is 0. The van der Waals surface area contributed by atoms with Gasteiger partial charge in [0.05, 0.1) is 0 Å². The number of amides is 1. The van der Waals surface area contributed by atoms with Crippen molar-refractivity contribution in [2.24, 2.45) is 5.73 Å². The van der Waals surface area contributed by atoms with Crippen molar-refractivity contribution in [2.45, 2.75) is 12.8 Å². The Bertz CT molecular complexity index is 644. The Morgan fingerprint density at radius 2 is 2.00 bits per heavy atom. The summed E-state index contributed by atoms with van der Waals surface area (Å²) in [5, 5.41) is 2.85. The van der Waals surface area contributed by atoms with Gasteiger partial charge in [-0.25, -0.2) is 4.98 Å². The molecule has 0 aliphatic heterocycles. The average Bonchev–Trinajstić information content (AvgIpc) is 2.52. The summed E-state index contributed by atoms with van der Waals surface area (Å²) in [6.07, 6.45) is 3.33. The van der Waals surface area contributed by atoms with Gasteiger partial charge in [0.1, 0.15) is 11.3 Å². The summed E-state index contributed by atoms with van der Waals surface area (Å²) < 4.78 is 6.61. The van der Waals surface area contributed by atoms with Crippen LogP contribution in [0.15, 0.2) is 47.1 Å². The second-order valence-electron chi connectivity index (χ2n) is 4.67. The van der Waals surface area contributed by atoms with Crippen LogP contribution in [0.1, 0.15) is 23.2 Å². The Balaban J connectivity index is 0.00000264. The highest BCUT2D eigenvalue weighted by molar-refractivity contribution is 9.10. The number of pyridine rings is 1. The minimum atomic E-state index is -0.199. The van der Waals surface area contributed by atoms with E-state index in [4.69, 9.17) is 10.5 Å². The summed E-state index contributed by atoms with van der Waals surface area (Å²) in [4.78, 5) is 16.4. The van der Waals surface area contributed by atoms with E-state index in [2.05, 4.69) is 26.2 Å². The van der Waals surface area contributed by atoms with Crippen LogP contribution in [-0.2, 0) is 0 Å². The molecule has 0 spiro atoms. The first-order valence-corrected chi connectivity index (χ1v) is 7.86. The lowest BCUT2D eigenvalue weighted by molar-refractivity contribution is 0.0950. The van der Waals surface area contributed by atoms with Crippen LogP contribution in [0.25, 0.3) is 0 Å². The van der Waals surface area contributed by atoms with Gasteiger partial charge < -0.3 is 15.8 Å². The number of nitrogens with zero attached hydrogens (tertiary/aromatic N) is 1. The molecule has 132 valence electrons. The number of aromatic nitrogens is 1. The van der Waals surface area contributed by atoms with Crippen molar-refractivity contribution < 1.29 is 9.53 Å². The first kappa shape index (κ1) is 22.7. The second-order valence-corrected chi connectivity index (χ2v) is 5.58. The summed E-state index contributed by atoms with van der Waals surface area (Å²) in [6.45, 7) is 1.21. The molecule has 0 radical (unpaired) electrons. The number of halogens is 3. The molecule has 2 aromatic rings. The summed E-state index contributed by atoms with van der Waals surface area (Å²) >= 11 is 3.38. The van der Waals surface area contributed by atoms with Gasteiger partial charge in [-0.05, 0) is 49.7 Å². The van der Waals surface area contributed by atoms with Crippen molar-refractivity contribution in [1.29, 1.82) is 0 Å². The van der Waals surface area contributed by atoms with E-state index in [0.717, 1.165) is 17.3 Å². The second kappa shape index (κ2) is 12.1. The molecular formula is C16H20BrCl2N3O2. The quantitative estimate of drug-likeness (QED) is 0.644. The van der Waals surface area contributed by atoms with Crippen LogP contribution in [0.5, 0.6) is 11.6 Å². The SMILES string of the molecule is Cl.Cl.NCCCCNC(=O)c1cccnc1Oc1cccc(Br)c1. The van der Waals surface area contributed by atoms with Crippen LogP contribution < -0.4 is 15.8 Å². The lowest BCUT2D eigenvalue weighted by atomic mass is 10.2. The molecule has 0 saturated carbocycles. The number of hydrogen-bond acceptors (Lipinski definition) is 4. The van der Waals surface area contributed by atoms with Gasteiger partial charge in [-0.15, -0.1) is 24.8 Å². The molecule has 1 aromatic heterocycles. The highest BCUT2D eigenvalue weighted by Crippen LogP contribution is 2.25. The molecule has 0 atom stereocenters. The molecule has 0 aliphatic carbocycles. The van der Waals surface area contributed by atoms with Gasteiger partial charge >= 0.3 is 0 Å². The Morgan fingerprint density at radius 3 is 2.71 bits per heavy atom. The third-order valence-electron chi connectivity index (χ3n) is 2.94. The fourth-order valence-electron chi connectivity index (χ4n) is 1.85. The van der Waals surface area contributed by atoms with Gasteiger partial charge in [-0.2, -0.15) is 0 Å². The van der Waals surface area contributed by atoms with Crippen LogP contribution in [0, 0.1) is 0 Å². The van der Waals surface area contributed by atoms with E-state index in [9.17, 15) is 4.79 Å². The van der Waals surface area contributed by atoms with E-state index in [0.29, 0.717) is 24.4 Å². The fourth-order valence-corrected chi connectivity index (χ4v) is 2.23. The molecule has 3 N–H and O–H groups in total. The number of carbonyl (C=O) groups is 1. The Kier molecular flexibility index (Phi) is 11.4. The number of carbonyl (C=O) groups excluding carboxylic acids is 1. The van der Waals surface area contributed by atoms with Crippen molar-refractivity contribution in [3.63, 3.8) is 0 Å². The van der Waals surface area contributed by atoms with Crippen molar-refractivity contribution in [3.8, 4) is 11.6 Å². The van der Waals surface area contributed by atoms with E-state index >= 15 is 0 Å². The molecule has 1 amide bonds. The van der Waals surface area contributed by atoms with Crippen molar-refractivity contribution in [3.05, 3.63) is 52.6 Å². The molecule has 1 aromatic carbocycles. The first-order chi connectivity index (χ1) is 10.7. The number of rotatable bonds is 7. The highest BCUT2D eigenvalue weighted by Gasteiger charge is 2.13. The Hall–Kier alpha value is -1.34. The molecule has 0 aliphatic rings. The third-order valence-corrected chi connectivity index (χ3v) is 3.44. The van der Waals surface area contributed by atoms with E-state index in [1.165, 1.54) is 0 Å². The van der Waals surface area contributed by atoms with Crippen LogP contribution in [0.4, 0.5) is 0 Å².